The van der Waals surface area contributed by atoms with Crippen molar-refractivity contribution in [2.75, 3.05) is 32.8 Å². The van der Waals surface area contributed by atoms with Crippen molar-refractivity contribution >= 4 is 5.97 Å². The molecule has 0 atom stereocenters. The van der Waals surface area contributed by atoms with Crippen LogP contribution in [0, 0.1) is 0 Å². The van der Waals surface area contributed by atoms with E-state index >= 15 is 0 Å². The smallest absolute Gasteiger partial charge is 0.330 e. The third kappa shape index (κ3) is 8.15. The largest absolute Gasteiger partial charge is 0.463 e. The monoisotopic (exact) mass is 215 g/mol. The maximum atomic E-state index is 11.0. The molecule has 1 N–H and O–H groups in total. The van der Waals surface area contributed by atoms with Crippen LogP contribution in [0.3, 0.4) is 0 Å². The molecule has 0 saturated carbocycles. The van der Waals surface area contributed by atoms with Gasteiger partial charge in [0.1, 0.15) is 0 Å². The number of aliphatic hydroxyl groups excluding tert-OH is 1. The Morgan fingerprint density at radius 2 is 2.13 bits per heavy atom. The highest BCUT2D eigenvalue weighted by atomic mass is 16.5. The molecule has 0 aromatic heterocycles. The van der Waals surface area contributed by atoms with Gasteiger partial charge in [0.15, 0.2) is 0 Å². The highest BCUT2D eigenvalue weighted by Crippen LogP contribution is 1.92. The van der Waals surface area contributed by atoms with Gasteiger partial charge in [-0.25, -0.2) is 4.79 Å². The number of ether oxygens (including phenoxy) is 1. The Morgan fingerprint density at radius 3 is 2.67 bits per heavy atom. The summed E-state index contributed by atoms with van der Waals surface area (Å²) in [6.45, 7) is 6.65. The number of hydrogen-bond donors (Lipinski definition) is 1. The Hall–Kier alpha value is -0.870. The molecule has 15 heavy (non-hydrogen) atoms. The molecule has 0 spiro atoms. The van der Waals surface area contributed by atoms with Crippen LogP contribution in [0.25, 0.3) is 0 Å². The minimum absolute atomic E-state index is 0.146. The maximum absolute atomic E-state index is 11.0. The van der Waals surface area contributed by atoms with E-state index in [2.05, 4.69) is 11.8 Å². The van der Waals surface area contributed by atoms with Crippen molar-refractivity contribution in [3.8, 4) is 0 Å². The molecular weight excluding hydrogens is 194 g/mol. The van der Waals surface area contributed by atoms with Gasteiger partial charge >= 0.3 is 5.97 Å². The van der Waals surface area contributed by atoms with Crippen molar-refractivity contribution in [3.05, 3.63) is 12.2 Å². The van der Waals surface area contributed by atoms with E-state index in [0.717, 1.165) is 13.0 Å². The lowest BCUT2D eigenvalue weighted by Crippen LogP contribution is -2.28. The number of hydrogen-bond acceptors (Lipinski definition) is 4. The van der Waals surface area contributed by atoms with Crippen LogP contribution >= 0.6 is 0 Å². The second-order valence-electron chi connectivity index (χ2n) is 3.18. The molecule has 88 valence electrons. The molecule has 0 aliphatic heterocycles. The zero-order valence-electron chi connectivity index (χ0n) is 9.61. The van der Waals surface area contributed by atoms with Gasteiger partial charge in [-0.3, -0.25) is 4.90 Å². The summed E-state index contributed by atoms with van der Waals surface area (Å²) < 4.78 is 4.75. The second-order valence-corrected chi connectivity index (χ2v) is 3.18. The molecule has 0 bridgehead atoms. The number of carbonyl (C=O) groups excluding carboxylic acids is 1. The molecule has 0 aromatic rings. The number of esters is 1. The van der Waals surface area contributed by atoms with Crippen molar-refractivity contribution in [3.63, 3.8) is 0 Å². The molecule has 0 saturated heterocycles. The fourth-order valence-electron chi connectivity index (χ4n) is 1.24. The fourth-order valence-corrected chi connectivity index (χ4v) is 1.24. The summed E-state index contributed by atoms with van der Waals surface area (Å²) in [5.74, 6) is -0.307. The van der Waals surface area contributed by atoms with Gasteiger partial charge in [-0.1, -0.05) is 13.0 Å². The number of aliphatic hydroxyl groups is 1. The Labute approximate surface area is 91.5 Å². The van der Waals surface area contributed by atoms with Crippen molar-refractivity contribution < 1.29 is 14.6 Å². The molecule has 0 rings (SSSR count). The molecule has 0 radical (unpaired) electrons. The van der Waals surface area contributed by atoms with Gasteiger partial charge in [0, 0.05) is 19.2 Å². The fraction of sp³-hybridized carbons (Fsp3) is 0.727. The number of carbonyl (C=O) groups is 1. The molecule has 0 amide bonds. The van der Waals surface area contributed by atoms with Crippen molar-refractivity contribution in [2.45, 2.75) is 20.3 Å². The zero-order chi connectivity index (χ0) is 11.5. The molecule has 0 aliphatic rings. The lowest BCUT2D eigenvalue weighted by atomic mass is 10.3. The minimum atomic E-state index is -0.307. The van der Waals surface area contributed by atoms with E-state index in [-0.39, 0.29) is 12.6 Å². The van der Waals surface area contributed by atoms with Crippen molar-refractivity contribution in [2.24, 2.45) is 0 Å². The van der Waals surface area contributed by atoms with E-state index in [0.29, 0.717) is 19.7 Å². The van der Waals surface area contributed by atoms with Gasteiger partial charge in [-0.05, 0) is 19.9 Å². The van der Waals surface area contributed by atoms with Gasteiger partial charge in [0.05, 0.1) is 13.2 Å². The van der Waals surface area contributed by atoms with Gasteiger partial charge < -0.3 is 9.84 Å². The highest BCUT2D eigenvalue weighted by molar-refractivity contribution is 5.81. The molecule has 0 unspecified atom stereocenters. The maximum Gasteiger partial charge on any atom is 0.330 e. The standard InChI is InChI=1S/C11H21NO3/c1-3-7-12(9-10-13)8-5-6-11(14)15-4-2/h5-6,13H,3-4,7-10H2,1-2H3/b6-5+. The normalized spacial score (nSPS) is 11.2. The third-order valence-corrected chi connectivity index (χ3v) is 1.86. The second kappa shape index (κ2) is 9.68. The summed E-state index contributed by atoms with van der Waals surface area (Å²) in [5, 5.41) is 8.80. The SMILES string of the molecule is CCCN(C/C=C/C(=O)OCC)CCO. The van der Waals surface area contributed by atoms with Crippen LogP contribution in [0.15, 0.2) is 12.2 Å². The summed E-state index contributed by atoms with van der Waals surface area (Å²) >= 11 is 0. The van der Waals surface area contributed by atoms with Crippen molar-refractivity contribution in [1.82, 2.24) is 4.90 Å². The molecule has 0 fully saturated rings. The molecule has 4 nitrogen and oxygen atoms in total. The Balaban J connectivity index is 3.81. The quantitative estimate of drug-likeness (QED) is 0.481. The number of nitrogens with zero attached hydrogens (tertiary/aromatic N) is 1. The average molecular weight is 215 g/mol. The average Bonchev–Trinajstić information content (AvgIpc) is 2.19. The van der Waals surface area contributed by atoms with Crippen LogP contribution in [0.2, 0.25) is 0 Å². The van der Waals surface area contributed by atoms with Crippen LogP contribution in [0.1, 0.15) is 20.3 Å². The van der Waals surface area contributed by atoms with E-state index < -0.39 is 0 Å². The first kappa shape index (κ1) is 14.1. The molecule has 0 aliphatic carbocycles. The van der Waals surface area contributed by atoms with Gasteiger partial charge in [0.2, 0.25) is 0 Å². The van der Waals surface area contributed by atoms with E-state index in [4.69, 9.17) is 9.84 Å². The topological polar surface area (TPSA) is 49.8 Å². The summed E-state index contributed by atoms with van der Waals surface area (Å²) in [7, 11) is 0. The third-order valence-electron chi connectivity index (χ3n) is 1.86. The first-order valence-electron chi connectivity index (χ1n) is 5.41. The minimum Gasteiger partial charge on any atom is -0.463 e. The molecule has 0 heterocycles. The predicted octanol–water partition coefficient (Wildman–Crippen LogP) is 0.810. The van der Waals surface area contributed by atoms with Crippen LogP contribution in [0.4, 0.5) is 0 Å². The molecule has 4 heteroatoms. The molecular formula is C11H21NO3. The summed E-state index contributed by atoms with van der Waals surface area (Å²) in [6, 6.07) is 0. The highest BCUT2D eigenvalue weighted by Gasteiger charge is 2.00. The van der Waals surface area contributed by atoms with Gasteiger partial charge in [0.25, 0.3) is 0 Å². The zero-order valence-corrected chi connectivity index (χ0v) is 9.61. The van der Waals surface area contributed by atoms with E-state index in [1.54, 1.807) is 13.0 Å². The first-order chi connectivity index (χ1) is 7.24. The predicted molar refractivity (Wildman–Crippen MR) is 59.6 cm³/mol. The first-order valence-corrected chi connectivity index (χ1v) is 5.41. The van der Waals surface area contributed by atoms with Crippen molar-refractivity contribution in [1.29, 1.82) is 0 Å². The van der Waals surface area contributed by atoms with Crippen LogP contribution < -0.4 is 0 Å². The summed E-state index contributed by atoms with van der Waals surface area (Å²) in [5.41, 5.74) is 0. The van der Waals surface area contributed by atoms with E-state index in [1.807, 2.05) is 0 Å². The Kier molecular flexibility index (Phi) is 9.11. The molecule has 0 aromatic carbocycles. The van der Waals surface area contributed by atoms with Crippen LogP contribution in [-0.4, -0.2) is 48.8 Å². The Bertz CT molecular complexity index is 186. The van der Waals surface area contributed by atoms with E-state index in [1.165, 1.54) is 6.08 Å². The number of rotatable bonds is 8. The van der Waals surface area contributed by atoms with E-state index in [9.17, 15) is 4.79 Å². The van der Waals surface area contributed by atoms with Gasteiger partial charge in [-0.15, -0.1) is 0 Å². The summed E-state index contributed by atoms with van der Waals surface area (Å²) in [4.78, 5) is 13.0. The van der Waals surface area contributed by atoms with Gasteiger partial charge in [-0.2, -0.15) is 0 Å². The van der Waals surface area contributed by atoms with Crippen LogP contribution in [-0.2, 0) is 9.53 Å². The lowest BCUT2D eigenvalue weighted by molar-refractivity contribution is -0.137. The van der Waals surface area contributed by atoms with Crippen LogP contribution in [0.5, 0.6) is 0 Å². The lowest BCUT2D eigenvalue weighted by Gasteiger charge is -2.17. The Morgan fingerprint density at radius 1 is 1.40 bits per heavy atom. The summed E-state index contributed by atoms with van der Waals surface area (Å²) in [6.07, 6.45) is 4.24.